The Labute approximate surface area is 130 Å². The van der Waals surface area contributed by atoms with Crippen LogP contribution in [-0.2, 0) is 13.0 Å². The first-order valence-corrected chi connectivity index (χ1v) is 7.34. The molecule has 3 aromatic carbocycles. The van der Waals surface area contributed by atoms with Crippen molar-refractivity contribution in [2.75, 3.05) is 0 Å². The molecule has 0 spiro atoms. The topological polar surface area (TPSA) is 29.5 Å². The molecule has 0 bridgehead atoms. The van der Waals surface area contributed by atoms with Gasteiger partial charge in [-0.25, -0.2) is 0 Å². The third-order valence-electron chi connectivity index (χ3n) is 3.54. The predicted octanol–water partition coefficient (Wildman–Crippen LogP) is 4.56. The van der Waals surface area contributed by atoms with Gasteiger partial charge in [0.05, 0.1) is 0 Å². The van der Waals surface area contributed by atoms with Crippen LogP contribution in [0.4, 0.5) is 0 Å². The second kappa shape index (κ2) is 6.81. The Morgan fingerprint density at radius 3 is 2.05 bits per heavy atom. The fourth-order valence-corrected chi connectivity index (χ4v) is 2.35. The fourth-order valence-electron chi connectivity index (χ4n) is 2.35. The zero-order valence-corrected chi connectivity index (χ0v) is 12.3. The lowest BCUT2D eigenvalue weighted by Gasteiger charge is -2.10. The summed E-state index contributed by atoms with van der Waals surface area (Å²) in [4.78, 5) is 0. The van der Waals surface area contributed by atoms with E-state index >= 15 is 0 Å². The second-order valence-electron chi connectivity index (χ2n) is 5.23. The van der Waals surface area contributed by atoms with E-state index in [0.717, 1.165) is 22.4 Å². The molecule has 0 saturated carbocycles. The van der Waals surface area contributed by atoms with Crippen LogP contribution in [0.3, 0.4) is 0 Å². The van der Waals surface area contributed by atoms with Crippen molar-refractivity contribution in [1.82, 2.24) is 0 Å². The van der Waals surface area contributed by atoms with Crippen LogP contribution in [0.2, 0.25) is 0 Å². The average Bonchev–Trinajstić information content (AvgIpc) is 2.57. The lowest BCUT2D eigenvalue weighted by molar-refractivity contribution is 0.305. The summed E-state index contributed by atoms with van der Waals surface area (Å²) < 4.78 is 5.81. The largest absolute Gasteiger partial charge is 0.508 e. The van der Waals surface area contributed by atoms with Crippen LogP contribution in [0, 0.1) is 0 Å². The van der Waals surface area contributed by atoms with E-state index in [0.29, 0.717) is 18.8 Å². The lowest BCUT2D eigenvalue weighted by Crippen LogP contribution is -1.96. The molecule has 0 aliphatic rings. The summed E-state index contributed by atoms with van der Waals surface area (Å²) in [6.45, 7) is 0.524. The van der Waals surface area contributed by atoms with Gasteiger partial charge in [0.1, 0.15) is 18.1 Å². The third kappa shape index (κ3) is 3.67. The Bertz CT molecular complexity index is 721. The molecular formula is C20H18O2. The lowest BCUT2D eigenvalue weighted by atomic mass is 10.0. The van der Waals surface area contributed by atoms with Gasteiger partial charge in [0, 0.05) is 12.0 Å². The first-order valence-electron chi connectivity index (χ1n) is 7.34. The molecule has 0 saturated heterocycles. The molecule has 0 atom stereocenters. The van der Waals surface area contributed by atoms with E-state index in [1.807, 2.05) is 54.6 Å². The van der Waals surface area contributed by atoms with Crippen LogP contribution in [0.5, 0.6) is 11.5 Å². The molecule has 0 amide bonds. The molecular weight excluding hydrogens is 272 g/mol. The maximum Gasteiger partial charge on any atom is 0.120 e. The fraction of sp³-hybridized carbons (Fsp3) is 0.100. The predicted molar refractivity (Wildman–Crippen MR) is 88.1 cm³/mol. The minimum atomic E-state index is 0.302. The van der Waals surface area contributed by atoms with E-state index in [2.05, 4.69) is 12.1 Å². The number of rotatable bonds is 5. The quantitative estimate of drug-likeness (QED) is 0.746. The number of phenolic OH excluding ortho intramolecular Hbond substituents is 1. The van der Waals surface area contributed by atoms with Gasteiger partial charge in [0.15, 0.2) is 0 Å². The molecule has 110 valence electrons. The highest BCUT2D eigenvalue weighted by molar-refractivity contribution is 5.42. The Morgan fingerprint density at radius 2 is 1.36 bits per heavy atom. The van der Waals surface area contributed by atoms with Gasteiger partial charge < -0.3 is 9.84 Å². The molecule has 3 aromatic rings. The Balaban J connectivity index is 1.72. The number of phenols is 1. The maximum absolute atomic E-state index is 10.0. The van der Waals surface area contributed by atoms with E-state index < -0.39 is 0 Å². The summed E-state index contributed by atoms with van der Waals surface area (Å²) in [7, 11) is 0. The number of hydrogen-bond acceptors (Lipinski definition) is 2. The van der Waals surface area contributed by atoms with Crippen LogP contribution < -0.4 is 4.74 Å². The normalized spacial score (nSPS) is 10.4. The van der Waals surface area contributed by atoms with Crippen molar-refractivity contribution in [2.24, 2.45) is 0 Å². The molecule has 2 nitrogen and oxygen atoms in total. The maximum atomic E-state index is 10.0. The number of ether oxygens (including phenoxy) is 1. The zero-order chi connectivity index (χ0) is 15.2. The molecule has 0 aromatic heterocycles. The van der Waals surface area contributed by atoms with Crippen molar-refractivity contribution >= 4 is 0 Å². The van der Waals surface area contributed by atoms with Crippen LogP contribution in [0.25, 0.3) is 0 Å². The van der Waals surface area contributed by atoms with Crippen molar-refractivity contribution in [1.29, 1.82) is 0 Å². The molecule has 0 radical (unpaired) electrons. The molecule has 0 aliphatic heterocycles. The minimum Gasteiger partial charge on any atom is -0.508 e. The van der Waals surface area contributed by atoms with Gasteiger partial charge in [-0.05, 0) is 29.3 Å². The van der Waals surface area contributed by atoms with E-state index in [4.69, 9.17) is 4.74 Å². The third-order valence-corrected chi connectivity index (χ3v) is 3.54. The SMILES string of the molecule is Oc1ccc(OCc2ccccc2)cc1Cc1ccccc1. The molecule has 3 rings (SSSR count). The van der Waals surface area contributed by atoms with Crippen LogP contribution in [0.1, 0.15) is 16.7 Å². The van der Waals surface area contributed by atoms with Gasteiger partial charge in [-0.3, -0.25) is 0 Å². The highest BCUT2D eigenvalue weighted by Crippen LogP contribution is 2.26. The molecule has 0 fully saturated rings. The number of aromatic hydroxyl groups is 1. The van der Waals surface area contributed by atoms with Gasteiger partial charge >= 0.3 is 0 Å². The number of benzene rings is 3. The summed E-state index contributed by atoms with van der Waals surface area (Å²) in [5, 5.41) is 10.0. The van der Waals surface area contributed by atoms with Crippen LogP contribution >= 0.6 is 0 Å². The Morgan fingerprint density at radius 1 is 0.727 bits per heavy atom. The van der Waals surface area contributed by atoms with E-state index in [-0.39, 0.29) is 0 Å². The van der Waals surface area contributed by atoms with Gasteiger partial charge in [-0.15, -0.1) is 0 Å². The standard InChI is InChI=1S/C20H18O2/c21-20-12-11-19(22-15-17-9-5-2-6-10-17)14-18(20)13-16-7-3-1-4-8-16/h1-12,14,21H,13,15H2. The number of hydrogen-bond donors (Lipinski definition) is 1. The van der Waals surface area contributed by atoms with Gasteiger partial charge in [-0.1, -0.05) is 60.7 Å². The first-order chi connectivity index (χ1) is 10.8. The molecule has 0 unspecified atom stereocenters. The highest BCUT2D eigenvalue weighted by atomic mass is 16.5. The minimum absolute atomic E-state index is 0.302. The molecule has 22 heavy (non-hydrogen) atoms. The van der Waals surface area contributed by atoms with Crippen molar-refractivity contribution in [3.63, 3.8) is 0 Å². The Kier molecular flexibility index (Phi) is 4.40. The van der Waals surface area contributed by atoms with Gasteiger partial charge in [0.25, 0.3) is 0 Å². The van der Waals surface area contributed by atoms with Gasteiger partial charge in [0.2, 0.25) is 0 Å². The van der Waals surface area contributed by atoms with Crippen LogP contribution in [-0.4, -0.2) is 5.11 Å². The Hall–Kier alpha value is -2.74. The summed E-state index contributed by atoms with van der Waals surface area (Å²) in [5.74, 6) is 1.07. The van der Waals surface area contributed by atoms with Crippen LogP contribution in [0.15, 0.2) is 78.9 Å². The summed E-state index contributed by atoms with van der Waals surface area (Å²) in [6.07, 6.45) is 0.690. The average molecular weight is 290 g/mol. The molecule has 0 heterocycles. The van der Waals surface area contributed by atoms with E-state index in [9.17, 15) is 5.11 Å². The van der Waals surface area contributed by atoms with E-state index in [1.165, 1.54) is 0 Å². The van der Waals surface area contributed by atoms with Crippen molar-refractivity contribution in [2.45, 2.75) is 13.0 Å². The first kappa shape index (κ1) is 14.2. The molecule has 0 aliphatic carbocycles. The zero-order valence-electron chi connectivity index (χ0n) is 12.3. The summed E-state index contributed by atoms with van der Waals surface area (Å²) >= 11 is 0. The second-order valence-corrected chi connectivity index (χ2v) is 5.23. The summed E-state index contributed by atoms with van der Waals surface area (Å²) in [6, 6.07) is 25.5. The summed E-state index contributed by atoms with van der Waals surface area (Å²) in [5.41, 5.74) is 3.16. The van der Waals surface area contributed by atoms with Crippen molar-refractivity contribution < 1.29 is 9.84 Å². The van der Waals surface area contributed by atoms with E-state index in [1.54, 1.807) is 12.1 Å². The van der Waals surface area contributed by atoms with Crippen molar-refractivity contribution in [3.05, 3.63) is 95.6 Å². The molecule has 2 heteroatoms. The van der Waals surface area contributed by atoms with Gasteiger partial charge in [-0.2, -0.15) is 0 Å². The monoisotopic (exact) mass is 290 g/mol. The molecule has 1 N–H and O–H groups in total. The van der Waals surface area contributed by atoms with Crippen molar-refractivity contribution in [3.8, 4) is 11.5 Å². The smallest absolute Gasteiger partial charge is 0.120 e. The highest BCUT2D eigenvalue weighted by Gasteiger charge is 2.05.